The molecule has 20 heavy (non-hydrogen) atoms. The third-order valence-electron chi connectivity index (χ3n) is 3.52. The average Bonchev–Trinajstić information content (AvgIpc) is 2.67. The lowest BCUT2D eigenvalue weighted by Gasteiger charge is -2.10. The molecule has 1 aromatic carbocycles. The highest BCUT2D eigenvalue weighted by Crippen LogP contribution is 2.16. The van der Waals surface area contributed by atoms with E-state index in [9.17, 15) is 4.39 Å². The maximum Gasteiger partial charge on any atom is 0.170 e. The summed E-state index contributed by atoms with van der Waals surface area (Å²) >= 11 is 0. The van der Waals surface area contributed by atoms with E-state index in [1.165, 1.54) is 12.1 Å². The molecule has 0 unspecified atom stereocenters. The molecule has 2 rings (SSSR count). The largest absolute Gasteiger partial charge is 0.409 e. The van der Waals surface area contributed by atoms with Crippen LogP contribution in [0.5, 0.6) is 0 Å². The lowest BCUT2D eigenvalue weighted by atomic mass is 10.1. The molecule has 6 heteroatoms. The van der Waals surface area contributed by atoms with Gasteiger partial charge in [0, 0.05) is 11.3 Å². The van der Waals surface area contributed by atoms with Crippen LogP contribution in [0.15, 0.2) is 23.4 Å². The zero-order valence-electron chi connectivity index (χ0n) is 11.7. The van der Waals surface area contributed by atoms with Crippen LogP contribution < -0.4 is 5.73 Å². The third kappa shape index (κ3) is 2.49. The Morgan fingerprint density at radius 1 is 1.40 bits per heavy atom. The summed E-state index contributed by atoms with van der Waals surface area (Å²) in [5.41, 5.74) is 9.83. The van der Waals surface area contributed by atoms with Crippen molar-refractivity contribution in [3.05, 3.63) is 52.1 Å². The van der Waals surface area contributed by atoms with Gasteiger partial charge in [0.1, 0.15) is 5.82 Å². The maximum absolute atomic E-state index is 13.3. The van der Waals surface area contributed by atoms with Gasteiger partial charge in [-0.2, -0.15) is 5.10 Å². The first-order valence-corrected chi connectivity index (χ1v) is 6.21. The Bertz CT molecular complexity index is 676. The minimum Gasteiger partial charge on any atom is -0.409 e. The molecule has 0 atom stereocenters. The second-order valence-electron chi connectivity index (χ2n) is 4.74. The fourth-order valence-electron chi connectivity index (χ4n) is 2.08. The van der Waals surface area contributed by atoms with Crippen LogP contribution in [0, 0.1) is 26.6 Å². The number of hydrogen-bond donors (Lipinski definition) is 2. The Kier molecular flexibility index (Phi) is 3.74. The van der Waals surface area contributed by atoms with Crippen LogP contribution in [0.2, 0.25) is 0 Å². The summed E-state index contributed by atoms with van der Waals surface area (Å²) in [6.07, 6.45) is 0. The molecule has 0 amide bonds. The van der Waals surface area contributed by atoms with Crippen LogP contribution in [0.1, 0.15) is 28.1 Å². The van der Waals surface area contributed by atoms with Crippen molar-refractivity contribution in [3.8, 4) is 0 Å². The number of oxime groups is 1. The second kappa shape index (κ2) is 5.32. The summed E-state index contributed by atoms with van der Waals surface area (Å²) in [5, 5.41) is 16.2. The Hall–Kier alpha value is -2.37. The average molecular weight is 276 g/mol. The van der Waals surface area contributed by atoms with E-state index in [0.717, 1.165) is 22.5 Å². The van der Waals surface area contributed by atoms with Gasteiger partial charge in [0.05, 0.1) is 12.2 Å². The van der Waals surface area contributed by atoms with Crippen molar-refractivity contribution in [1.82, 2.24) is 9.78 Å². The molecule has 1 heterocycles. The van der Waals surface area contributed by atoms with E-state index >= 15 is 0 Å². The van der Waals surface area contributed by atoms with Crippen LogP contribution in [-0.4, -0.2) is 20.8 Å². The molecule has 1 aromatic heterocycles. The Morgan fingerprint density at radius 3 is 2.65 bits per heavy atom. The van der Waals surface area contributed by atoms with E-state index in [4.69, 9.17) is 10.9 Å². The topological polar surface area (TPSA) is 76.4 Å². The number of aryl methyl sites for hydroxylation is 1. The summed E-state index contributed by atoms with van der Waals surface area (Å²) in [6.45, 7) is 6.35. The van der Waals surface area contributed by atoms with Gasteiger partial charge in [-0.25, -0.2) is 4.39 Å². The summed E-state index contributed by atoms with van der Waals surface area (Å²) in [6, 6.07) is 4.22. The van der Waals surface area contributed by atoms with Gasteiger partial charge in [0.25, 0.3) is 0 Å². The molecule has 0 radical (unpaired) electrons. The fraction of sp³-hybridized carbons (Fsp3) is 0.286. The molecular formula is C14H17FN4O. The molecule has 106 valence electrons. The van der Waals surface area contributed by atoms with Gasteiger partial charge in [-0.1, -0.05) is 11.2 Å². The first-order valence-electron chi connectivity index (χ1n) is 6.21. The minimum atomic E-state index is -0.431. The van der Waals surface area contributed by atoms with Gasteiger partial charge in [0.2, 0.25) is 0 Å². The summed E-state index contributed by atoms with van der Waals surface area (Å²) < 4.78 is 15.1. The molecule has 5 nitrogen and oxygen atoms in total. The molecule has 3 N–H and O–H groups in total. The lowest BCUT2D eigenvalue weighted by molar-refractivity contribution is 0.318. The van der Waals surface area contributed by atoms with Crippen molar-refractivity contribution in [2.75, 3.05) is 0 Å². The molecule has 0 saturated carbocycles. The van der Waals surface area contributed by atoms with Crippen molar-refractivity contribution in [2.24, 2.45) is 10.9 Å². The highest BCUT2D eigenvalue weighted by atomic mass is 19.1. The van der Waals surface area contributed by atoms with Crippen molar-refractivity contribution >= 4 is 5.84 Å². The van der Waals surface area contributed by atoms with Crippen LogP contribution in [-0.2, 0) is 6.54 Å². The zero-order valence-corrected chi connectivity index (χ0v) is 11.7. The van der Waals surface area contributed by atoms with Crippen molar-refractivity contribution in [1.29, 1.82) is 0 Å². The number of aromatic nitrogens is 2. The van der Waals surface area contributed by atoms with Gasteiger partial charge in [-0.05, 0) is 44.0 Å². The van der Waals surface area contributed by atoms with Crippen LogP contribution in [0.25, 0.3) is 0 Å². The molecule has 0 aliphatic carbocycles. The second-order valence-corrected chi connectivity index (χ2v) is 4.74. The van der Waals surface area contributed by atoms with Gasteiger partial charge in [0.15, 0.2) is 5.84 Å². The lowest BCUT2D eigenvalue weighted by Crippen LogP contribution is -2.18. The Morgan fingerprint density at radius 2 is 2.10 bits per heavy atom. The van der Waals surface area contributed by atoms with E-state index < -0.39 is 5.82 Å². The van der Waals surface area contributed by atoms with Gasteiger partial charge in [-0.3, -0.25) is 4.68 Å². The molecular weight excluding hydrogens is 259 g/mol. The van der Waals surface area contributed by atoms with Crippen LogP contribution in [0.4, 0.5) is 4.39 Å². The smallest absolute Gasteiger partial charge is 0.170 e. The highest BCUT2D eigenvalue weighted by Gasteiger charge is 2.12. The van der Waals surface area contributed by atoms with Crippen molar-refractivity contribution in [2.45, 2.75) is 27.3 Å². The monoisotopic (exact) mass is 276 g/mol. The number of rotatable bonds is 3. The number of benzene rings is 1. The van der Waals surface area contributed by atoms with Gasteiger partial charge >= 0.3 is 0 Å². The molecule has 0 aliphatic rings. The minimum absolute atomic E-state index is 0.113. The highest BCUT2D eigenvalue weighted by molar-refractivity contribution is 5.98. The molecule has 0 fully saturated rings. The maximum atomic E-state index is 13.3. The molecule has 0 saturated heterocycles. The zero-order chi connectivity index (χ0) is 14.9. The van der Waals surface area contributed by atoms with E-state index in [0.29, 0.717) is 12.1 Å². The SMILES string of the molecule is Cc1nn(Cc2ccc(F)cc2C(N)=NO)c(C)c1C. The molecule has 0 aliphatic heterocycles. The van der Waals surface area contributed by atoms with Gasteiger partial charge in [-0.15, -0.1) is 0 Å². The number of hydrogen-bond acceptors (Lipinski definition) is 3. The fourth-order valence-corrected chi connectivity index (χ4v) is 2.08. The predicted molar refractivity (Wildman–Crippen MR) is 74.5 cm³/mol. The first-order chi connectivity index (χ1) is 9.43. The van der Waals surface area contributed by atoms with E-state index in [-0.39, 0.29) is 5.84 Å². The quantitative estimate of drug-likeness (QED) is 0.390. The van der Waals surface area contributed by atoms with Crippen LogP contribution in [0.3, 0.4) is 0 Å². The molecule has 2 aromatic rings. The summed E-state index contributed by atoms with van der Waals surface area (Å²) in [4.78, 5) is 0. The van der Waals surface area contributed by atoms with E-state index in [1.54, 1.807) is 6.07 Å². The van der Waals surface area contributed by atoms with Crippen LogP contribution >= 0.6 is 0 Å². The number of halogens is 1. The van der Waals surface area contributed by atoms with Crippen molar-refractivity contribution < 1.29 is 9.60 Å². The van der Waals surface area contributed by atoms with E-state index in [2.05, 4.69) is 10.3 Å². The number of nitrogens with zero attached hydrogens (tertiary/aromatic N) is 3. The predicted octanol–water partition coefficient (Wildman–Crippen LogP) is 2.09. The summed E-state index contributed by atoms with van der Waals surface area (Å²) in [7, 11) is 0. The normalized spacial score (nSPS) is 11.9. The summed E-state index contributed by atoms with van der Waals surface area (Å²) in [5.74, 6) is -0.544. The Labute approximate surface area is 116 Å². The standard InChI is InChI=1S/C14H17FN4O/c1-8-9(2)17-19(10(8)3)7-11-4-5-12(15)6-13(11)14(16)18-20/h4-6,20H,7H2,1-3H3,(H2,16,18). The third-order valence-corrected chi connectivity index (χ3v) is 3.52. The molecule has 0 spiro atoms. The van der Waals surface area contributed by atoms with Crippen molar-refractivity contribution in [3.63, 3.8) is 0 Å². The first kappa shape index (κ1) is 14.0. The molecule has 0 bridgehead atoms. The number of nitrogens with two attached hydrogens (primary N) is 1. The Balaban J connectivity index is 2.46. The number of amidine groups is 1. The van der Waals surface area contributed by atoms with Gasteiger partial charge < -0.3 is 10.9 Å². The van der Waals surface area contributed by atoms with E-state index in [1.807, 2.05) is 25.5 Å².